The van der Waals surface area contributed by atoms with Crippen LogP contribution in [-0.4, -0.2) is 31.7 Å². The molecule has 0 aromatic carbocycles. The molecule has 0 unspecified atom stereocenters. The molecule has 0 spiro atoms. The van der Waals surface area contributed by atoms with E-state index >= 15 is 0 Å². The topological polar surface area (TPSA) is 29.5 Å². The van der Waals surface area contributed by atoms with Crippen molar-refractivity contribution in [1.29, 1.82) is 0 Å². The lowest BCUT2D eigenvalue weighted by molar-refractivity contribution is -0.147. The Labute approximate surface area is 214 Å². The van der Waals surface area contributed by atoms with Crippen LogP contribution < -0.4 is 0 Å². The lowest BCUT2D eigenvalue weighted by Gasteiger charge is -2.10. The fraction of sp³-hybridized carbons (Fsp3) is 0.903. The number of carbonyl (C=O) groups is 1. The summed E-state index contributed by atoms with van der Waals surface area (Å²) in [6.07, 6.45) is 36.7. The Morgan fingerprint density at radius 3 is 1.29 bits per heavy atom. The van der Waals surface area contributed by atoms with E-state index in [1.165, 1.54) is 135 Å². The highest BCUT2D eigenvalue weighted by Crippen LogP contribution is 2.14. The van der Waals surface area contributed by atoms with Crippen molar-refractivity contribution in [2.75, 3.05) is 20.8 Å². The Kier molecular flexibility index (Phi) is 27.7. The Hall–Kier alpha value is -0.830. The summed E-state index contributed by atoms with van der Waals surface area (Å²) in [5, 5.41) is 0. The first-order valence-corrected chi connectivity index (χ1v) is 15.1. The molecule has 0 bridgehead atoms. The summed E-state index contributed by atoms with van der Waals surface area (Å²) in [5.74, 6) is -0.0606. The molecule has 0 radical (unpaired) electrons. The van der Waals surface area contributed by atoms with E-state index in [9.17, 15) is 4.79 Å². The smallest absolute Gasteiger partial charge is 0.307 e. The highest BCUT2D eigenvalue weighted by Gasteiger charge is 2.02. The zero-order valence-corrected chi connectivity index (χ0v) is 23.6. The fourth-order valence-corrected chi connectivity index (χ4v) is 4.38. The van der Waals surface area contributed by atoms with Crippen LogP contribution in [0.1, 0.15) is 161 Å². The van der Waals surface area contributed by atoms with Crippen molar-refractivity contribution < 1.29 is 9.53 Å². The molecule has 0 atom stereocenters. The molecule has 3 nitrogen and oxygen atoms in total. The lowest BCUT2D eigenvalue weighted by atomic mass is 10.0. The molecule has 0 amide bonds. The maximum atomic E-state index is 11.5. The Morgan fingerprint density at radius 2 is 0.912 bits per heavy atom. The second kappa shape index (κ2) is 28.4. The van der Waals surface area contributed by atoms with E-state index in [1.54, 1.807) is 0 Å². The number of nitrogens with zero attached hydrogens (tertiary/aromatic N) is 1. The molecule has 0 aliphatic rings. The van der Waals surface area contributed by atoms with Gasteiger partial charge in [0.15, 0.2) is 0 Å². The third kappa shape index (κ3) is 29.2. The SMILES string of the molecule is CCCCCCCCCCCCCCCCC=CCCCCCCCCCC(=O)OCN(C)C. The van der Waals surface area contributed by atoms with Gasteiger partial charge in [0.1, 0.15) is 6.73 Å². The summed E-state index contributed by atoms with van der Waals surface area (Å²) >= 11 is 0. The third-order valence-electron chi connectivity index (χ3n) is 6.63. The van der Waals surface area contributed by atoms with Gasteiger partial charge < -0.3 is 4.74 Å². The van der Waals surface area contributed by atoms with Gasteiger partial charge in [-0.1, -0.05) is 135 Å². The van der Waals surface area contributed by atoms with Crippen LogP contribution in [0.5, 0.6) is 0 Å². The zero-order valence-electron chi connectivity index (χ0n) is 23.6. The summed E-state index contributed by atoms with van der Waals surface area (Å²) in [4.78, 5) is 13.4. The average Bonchev–Trinajstić information content (AvgIpc) is 2.82. The maximum Gasteiger partial charge on any atom is 0.307 e. The van der Waals surface area contributed by atoms with Gasteiger partial charge in [-0.15, -0.1) is 0 Å². The number of allylic oxidation sites excluding steroid dienone is 2. The van der Waals surface area contributed by atoms with Gasteiger partial charge in [-0.05, 0) is 46.2 Å². The van der Waals surface area contributed by atoms with E-state index in [4.69, 9.17) is 4.74 Å². The van der Waals surface area contributed by atoms with E-state index in [0.717, 1.165) is 12.8 Å². The van der Waals surface area contributed by atoms with Crippen molar-refractivity contribution >= 4 is 5.97 Å². The monoisotopic (exact) mass is 479 g/mol. The van der Waals surface area contributed by atoms with Crippen LogP contribution in [0.4, 0.5) is 0 Å². The van der Waals surface area contributed by atoms with Gasteiger partial charge in [0.2, 0.25) is 0 Å². The summed E-state index contributed by atoms with van der Waals surface area (Å²) in [6.45, 7) is 2.69. The molecule has 0 aromatic heterocycles. The molecule has 3 heteroatoms. The van der Waals surface area contributed by atoms with Crippen LogP contribution in [0.3, 0.4) is 0 Å². The van der Waals surface area contributed by atoms with Gasteiger partial charge in [-0.2, -0.15) is 0 Å². The molecule has 0 fully saturated rings. The van der Waals surface area contributed by atoms with Crippen LogP contribution in [0.2, 0.25) is 0 Å². The average molecular weight is 480 g/mol. The number of hydrogen-bond acceptors (Lipinski definition) is 3. The quantitative estimate of drug-likeness (QED) is 0.0508. The van der Waals surface area contributed by atoms with Crippen LogP contribution in [-0.2, 0) is 9.53 Å². The van der Waals surface area contributed by atoms with Gasteiger partial charge in [-0.25, -0.2) is 0 Å². The number of carbonyl (C=O) groups excluding carboxylic acids is 1. The summed E-state index contributed by atoms with van der Waals surface area (Å²) in [6, 6.07) is 0. The zero-order chi connectivity index (χ0) is 25.0. The Bertz CT molecular complexity index is 433. The summed E-state index contributed by atoms with van der Waals surface area (Å²) < 4.78 is 5.14. The van der Waals surface area contributed by atoms with E-state index < -0.39 is 0 Å². The first-order valence-electron chi connectivity index (χ1n) is 15.1. The molecule has 0 saturated carbocycles. The molecule has 202 valence electrons. The number of hydrogen-bond donors (Lipinski definition) is 0. The molecule has 34 heavy (non-hydrogen) atoms. The number of ether oxygens (including phenoxy) is 1. The first kappa shape index (κ1) is 33.2. The molecule has 0 aromatic rings. The minimum Gasteiger partial charge on any atom is -0.450 e. The predicted octanol–water partition coefficient (Wildman–Crippen LogP) is 9.99. The van der Waals surface area contributed by atoms with E-state index in [1.807, 2.05) is 19.0 Å². The molecular formula is C31H61NO2. The van der Waals surface area contributed by atoms with E-state index in [2.05, 4.69) is 19.1 Å². The Morgan fingerprint density at radius 1 is 0.559 bits per heavy atom. The number of rotatable bonds is 27. The minimum absolute atomic E-state index is 0.0606. The molecule has 0 aliphatic carbocycles. The van der Waals surface area contributed by atoms with E-state index in [-0.39, 0.29) is 5.97 Å². The van der Waals surface area contributed by atoms with Gasteiger partial charge >= 0.3 is 5.97 Å². The van der Waals surface area contributed by atoms with Gasteiger partial charge in [0, 0.05) is 6.42 Å². The van der Waals surface area contributed by atoms with Crippen molar-refractivity contribution in [2.24, 2.45) is 0 Å². The van der Waals surface area contributed by atoms with Crippen molar-refractivity contribution in [3.63, 3.8) is 0 Å². The van der Waals surface area contributed by atoms with Crippen molar-refractivity contribution in [2.45, 2.75) is 161 Å². The maximum absolute atomic E-state index is 11.5. The molecule has 0 N–H and O–H groups in total. The Balaban J connectivity index is 3.15. The number of esters is 1. The van der Waals surface area contributed by atoms with Crippen LogP contribution >= 0.6 is 0 Å². The van der Waals surface area contributed by atoms with Crippen molar-refractivity contribution in [1.82, 2.24) is 4.90 Å². The second-order valence-corrected chi connectivity index (χ2v) is 10.6. The van der Waals surface area contributed by atoms with Gasteiger partial charge in [0.05, 0.1) is 0 Å². The van der Waals surface area contributed by atoms with Crippen LogP contribution in [0.15, 0.2) is 12.2 Å². The minimum atomic E-state index is -0.0606. The van der Waals surface area contributed by atoms with Crippen LogP contribution in [0, 0.1) is 0 Å². The highest BCUT2D eigenvalue weighted by molar-refractivity contribution is 5.69. The fourth-order valence-electron chi connectivity index (χ4n) is 4.38. The first-order chi connectivity index (χ1) is 16.7. The van der Waals surface area contributed by atoms with E-state index in [0.29, 0.717) is 13.2 Å². The second-order valence-electron chi connectivity index (χ2n) is 10.6. The van der Waals surface area contributed by atoms with Crippen molar-refractivity contribution in [3.8, 4) is 0 Å². The summed E-state index contributed by atoms with van der Waals surface area (Å²) in [7, 11) is 3.81. The highest BCUT2D eigenvalue weighted by atomic mass is 16.5. The molecule has 0 rings (SSSR count). The molecule has 0 aliphatic heterocycles. The largest absolute Gasteiger partial charge is 0.450 e. The predicted molar refractivity (Wildman–Crippen MR) is 150 cm³/mol. The number of unbranched alkanes of at least 4 members (excludes halogenated alkanes) is 21. The lowest BCUT2D eigenvalue weighted by Crippen LogP contribution is -2.19. The molecule has 0 saturated heterocycles. The van der Waals surface area contributed by atoms with Crippen molar-refractivity contribution in [3.05, 3.63) is 12.2 Å². The third-order valence-corrected chi connectivity index (χ3v) is 6.63. The molecule has 0 heterocycles. The summed E-state index contributed by atoms with van der Waals surface area (Å²) in [5.41, 5.74) is 0. The van der Waals surface area contributed by atoms with Gasteiger partial charge in [0.25, 0.3) is 0 Å². The molecular weight excluding hydrogens is 418 g/mol. The van der Waals surface area contributed by atoms with Gasteiger partial charge in [-0.3, -0.25) is 9.69 Å². The standard InChI is InChI=1S/C31H61NO2/c1-4-5-6-7-8-9-10-11-12-13-14-15-16-17-18-19-20-21-22-23-24-25-26-27-28-29-31(33)34-30-32(2)3/h19-20H,4-18,21-30H2,1-3H3. The van der Waals surface area contributed by atoms with Crippen LogP contribution in [0.25, 0.3) is 0 Å². The normalized spacial score (nSPS) is 11.6.